The fourth-order valence-corrected chi connectivity index (χ4v) is 1.17. The second-order valence-corrected chi connectivity index (χ2v) is 2.80. The van der Waals surface area contributed by atoms with Crippen molar-refractivity contribution in [3.8, 4) is 12.1 Å². The van der Waals surface area contributed by atoms with Crippen molar-refractivity contribution in [2.45, 2.75) is 13.3 Å². The minimum Gasteiger partial charge on any atom is -0.348 e. The number of nitrogens with one attached hydrogen (secondary N) is 1. The number of nitriles is 2. The summed E-state index contributed by atoms with van der Waals surface area (Å²) in [5.74, 6) is 0. The highest BCUT2D eigenvalue weighted by atomic mass is 35.5. The quantitative estimate of drug-likeness (QED) is 0.577. The maximum atomic E-state index is 8.64. The molecule has 0 aromatic rings. The van der Waals surface area contributed by atoms with Gasteiger partial charge in [-0.3, -0.25) is 0 Å². The lowest BCUT2D eigenvalue weighted by Gasteiger charge is -2.14. The maximum absolute atomic E-state index is 8.64. The number of hydrogen-bond donors (Lipinski definition) is 1. The predicted molar refractivity (Wildman–Crippen MR) is 44.6 cm³/mol. The van der Waals surface area contributed by atoms with E-state index < -0.39 is 0 Å². The maximum Gasteiger partial charge on any atom is 0.120 e. The highest BCUT2D eigenvalue weighted by molar-refractivity contribution is 6.30. The molecule has 60 valence electrons. The molecule has 0 aromatic carbocycles. The van der Waals surface area contributed by atoms with E-state index in [9.17, 15) is 0 Å². The molecule has 1 rings (SSSR count). The first-order valence-corrected chi connectivity index (χ1v) is 3.72. The van der Waals surface area contributed by atoms with Gasteiger partial charge in [0.05, 0.1) is 23.3 Å². The van der Waals surface area contributed by atoms with E-state index in [2.05, 4.69) is 5.32 Å². The third-order valence-electron chi connectivity index (χ3n) is 1.64. The Bertz CT molecular complexity index is 317. The van der Waals surface area contributed by atoms with Gasteiger partial charge in [-0.1, -0.05) is 11.6 Å². The SMILES string of the molecule is CC1=C(C#N)CC(C#N)=C(Cl)N1. The van der Waals surface area contributed by atoms with Gasteiger partial charge in [-0.2, -0.15) is 10.5 Å². The molecule has 0 radical (unpaired) electrons. The van der Waals surface area contributed by atoms with Crippen LogP contribution in [0.4, 0.5) is 0 Å². The van der Waals surface area contributed by atoms with E-state index in [-0.39, 0.29) is 0 Å². The molecule has 0 spiro atoms. The van der Waals surface area contributed by atoms with Gasteiger partial charge in [0.1, 0.15) is 5.16 Å². The predicted octanol–water partition coefficient (Wildman–Crippen LogP) is 1.75. The van der Waals surface area contributed by atoms with Gasteiger partial charge in [0, 0.05) is 12.1 Å². The van der Waals surface area contributed by atoms with Gasteiger partial charge in [-0.15, -0.1) is 0 Å². The minimum absolute atomic E-state index is 0.328. The van der Waals surface area contributed by atoms with Crippen LogP contribution in [-0.2, 0) is 0 Å². The molecule has 0 saturated carbocycles. The lowest BCUT2D eigenvalue weighted by molar-refractivity contribution is 0.927. The Hall–Kier alpha value is -1.45. The van der Waals surface area contributed by atoms with E-state index in [1.807, 2.05) is 12.1 Å². The van der Waals surface area contributed by atoms with Gasteiger partial charge < -0.3 is 5.32 Å². The Balaban J connectivity index is 2.98. The largest absolute Gasteiger partial charge is 0.348 e. The number of halogens is 1. The third kappa shape index (κ3) is 1.42. The first-order valence-electron chi connectivity index (χ1n) is 3.34. The molecule has 1 aliphatic rings. The molecule has 1 heterocycles. The minimum atomic E-state index is 0.328. The van der Waals surface area contributed by atoms with Crippen molar-refractivity contribution in [3.63, 3.8) is 0 Å². The monoisotopic (exact) mass is 179 g/mol. The standard InChI is InChI=1S/C8H6ClN3/c1-5-6(3-10)2-7(4-11)8(9)12-5/h12H,2H2,1H3. The van der Waals surface area contributed by atoms with Crippen LogP contribution < -0.4 is 5.32 Å². The zero-order chi connectivity index (χ0) is 9.14. The molecular formula is C8H6ClN3. The van der Waals surface area contributed by atoms with Gasteiger partial charge in [0.25, 0.3) is 0 Å². The van der Waals surface area contributed by atoms with Crippen molar-refractivity contribution in [2.75, 3.05) is 0 Å². The van der Waals surface area contributed by atoms with Gasteiger partial charge in [-0.25, -0.2) is 0 Å². The molecule has 0 amide bonds. The van der Waals surface area contributed by atoms with Crippen molar-refractivity contribution >= 4 is 11.6 Å². The van der Waals surface area contributed by atoms with Gasteiger partial charge in [0.15, 0.2) is 0 Å². The van der Waals surface area contributed by atoms with Crippen LogP contribution in [0.15, 0.2) is 22.0 Å². The van der Waals surface area contributed by atoms with Crippen LogP contribution in [0, 0.1) is 22.7 Å². The molecule has 0 aliphatic carbocycles. The van der Waals surface area contributed by atoms with Crippen molar-refractivity contribution in [1.29, 1.82) is 10.5 Å². The number of nitrogens with zero attached hydrogens (tertiary/aromatic N) is 2. The molecule has 0 fully saturated rings. The zero-order valence-electron chi connectivity index (χ0n) is 6.48. The highest BCUT2D eigenvalue weighted by Gasteiger charge is 2.15. The number of rotatable bonds is 0. The Morgan fingerprint density at radius 3 is 2.42 bits per heavy atom. The molecular weight excluding hydrogens is 174 g/mol. The Morgan fingerprint density at radius 2 is 1.92 bits per heavy atom. The molecule has 0 atom stereocenters. The van der Waals surface area contributed by atoms with E-state index in [1.54, 1.807) is 6.92 Å². The van der Waals surface area contributed by atoms with Crippen LogP contribution in [0.25, 0.3) is 0 Å². The Morgan fingerprint density at radius 1 is 1.33 bits per heavy atom. The average Bonchev–Trinajstić information content (AvgIpc) is 2.05. The van der Waals surface area contributed by atoms with Crippen LogP contribution in [-0.4, -0.2) is 0 Å². The van der Waals surface area contributed by atoms with Crippen molar-refractivity contribution in [2.24, 2.45) is 0 Å². The molecule has 12 heavy (non-hydrogen) atoms. The summed E-state index contributed by atoms with van der Waals surface area (Å²) in [4.78, 5) is 0. The second-order valence-electron chi connectivity index (χ2n) is 2.42. The number of allylic oxidation sites excluding steroid dienone is 3. The smallest absolute Gasteiger partial charge is 0.120 e. The molecule has 0 unspecified atom stereocenters. The molecule has 4 heteroatoms. The molecule has 0 aromatic heterocycles. The van der Waals surface area contributed by atoms with Gasteiger partial charge in [0.2, 0.25) is 0 Å². The van der Waals surface area contributed by atoms with Crippen molar-refractivity contribution < 1.29 is 0 Å². The fourth-order valence-electron chi connectivity index (χ4n) is 0.914. The van der Waals surface area contributed by atoms with Crippen LogP contribution in [0.3, 0.4) is 0 Å². The second kappa shape index (κ2) is 3.30. The van der Waals surface area contributed by atoms with Crippen molar-refractivity contribution in [3.05, 3.63) is 22.0 Å². The van der Waals surface area contributed by atoms with Crippen LogP contribution >= 0.6 is 11.6 Å². The molecule has 3 nitrogen and oxygen atoms in total. The first kappa shape index (κ1) is 8.64. The van der Waals surface area contributed by atoms with E-state index in [1.165, 1.54) is 0 Å². The summed E-state index contributed by atoms with van der Waals surface area (Å²) in [5, 5.41) is 20.3. The van der Waals surface area contributed by atoms with Crippen molar-refractivity contribution in [1.82, 2.24) is 5.32 Å². The van der Waals surface area contributed by atoms with E-state index in [0.717, 1.165) is 5.70 Å². The molecule has 0 saturated heterocycles. The molecule has 1 aliphatic heterocycles. The summed E-state index contributed by atoms with van der Waals surface area (Å²) in [6.45, 7) is 1.76. The topological polar surface area (TPSA) is 59.6 Å². The van der Waals surface area contributed by atoms with E-state index >= 15 is 0 Å². The van der Waals surface area contributed by atoms with Crippen LogP contribution in [0.2, 0.25) is 0 Å². The average molecular weight is 180 g/mol. The highest BCUT2D eigenvalue weighted by Crippen LogP contribution is 2.23. The van der Waals surface area contributed by atoms with Gasteiger partial charge in [-0.05, 0) is 6.92 Å². The molecule has 0 bridgehead atoms. The summed E-state index contributed by atoms with van der Waals surface area (Å²) in [6.07, 6.45) is 0.338. The summed E-state index contributed by atoms with van der Waals surface area (Å²) in [7, 11) is 0. The number of hydrogen-bond acceptors (Lipinski definition) is 3. The molecule has 1 N–H and O–H groups in total. The normalized spacial score (nSPS) is 16.7. The Kier molecular flexibility index (Phi) is 2.38. The van der Waals surface area contributed by atoms with Crippen LogP contribution in [0.1, 0.15) is 13.3 Å². The summed E-state index contributed by atoms with van der Waals surface area (Å²) >= 11 is 5.70. The summed E-state index contributed by atoms with van der Waals surface area (Å²) in [5.41, 5.74) is 1.70. The van der Waals surface area contributed by atoms with Crippen LogP contribution in [0.5, 0.6) is 0 Å². The first-order chi connectivity index (χ1) is 5.69. The number of dihydropyridines is 1. The summed E-state index contributed by atoms with van der Waals surface area (Å²) in [6, 6.07) is 3.95. The lowest BCUT2D eigenvalue weighted by Crippen LogP contribution is -2.15. The lowest BCUT2D eigenvalue weighted by atomic mass is 10.0. The summed E-state index contributed by atoms with van der Waals surface area (Å²) < 4.78 is 0. The fraction of sp³-hybridized carbons (Fsp3) is 0.250. The van der Waals surface area contributed by atoms with Gasteiger partial charge >= 0.3 is 0 Å². The van der Waals surface area contributed by atoms with E-state index in [4.69, 9.17) is 22.1 Å². The zero-order valence-corrected chi connectivity index (χ0v) is 7.24. The van der Waals surface area contributed by atoms with E-state index in [0.29, 0.717) is 22.7 Å². The Labute approximate surface area is 75.5 Å². The third-order valence-corrected chi connectivity index (χ3v) is 1.96.